The van der Waals surface area contributed by atoms with Crippen LogP contribution in [0.4, 0.5) is 0 Å². The minimum Gasteiger partial charge on any atom is -0.468 e. The largest absolute Gasteiger partial charge is 0.468 e. The summed E-state index contributed by atoms with van der Waals surface area (Å²) >= 11 is 0. The summed E-state index contributed by atoms with van der Waals surface area (Å²) in [5.41, 5.74) is 3.37. The molecule has 0 aliphatic carbocycles. The molecule has 0 saturated heterocycles. The summed E-state index contributed by atoms with van der Waals surface area (Å²) in [7, 11) is -3.71. The predicted octanol–water partition coefficient (Wildman–Crippen LogP) is 3.99. The van der Waals surface area contributed by atoms with E-state index in [0.29, 0.717) is 10.7 Å². The molecule has 3 aromatic rings. The van der Waals surface area contributed by atoms with Crippen molar-refractivity contribution in [2.75, 3.05) is 0 Å². The van der Waals surface area contributed by atoms with Crippen LogP contribution in [-0.2, 0) is 23.1 Å². The maximum absolute atomic E-state index is 13.5. The number of rotatable bonds is 6. The van der Waals surface area contributed by atoms with Crippen LogP contribution >= 0.6 is 0 Å². The molecule has 0 aliphatic heterocycles. The van der Waals surface area contributed by atoms with Crippen molar-refractivity contribution in [3.05, 3.63) is 83.1 Å². The number of benzene rings is 1. The molecule has 0 amide bonds. The topological polar surface area (TPSA) is 63.4 Å². The van der Waals surface area contributed by atoms with Crippen LogP contribution in [0.3, 0.4) is 0 Å². The average molecular weight is 370 g/mol. The zero-order valence-corrected chi connectivity index (χ0v) is 16.0. The first kappa shape index (κ1) is 18.4. The van der Waals surface area contributed by atoms with Crippen LogP contribution in [0.15, 0.2) is 64.4 Å². The molecule has 0 unspecified atom stereocenters. The van der Waals surface area contributed by atoms with E-state index < -0.39 is 10.0 Å². The minimum absolute atomic E-state index is 0.164. The third-order valence-electron chi connectivity index (χ3n) is 4.20. The van der Waals surface area contributed by atoms with E-state index in [4.69, 9.17) is 4.42 Å². The molecule has 26 heavy (non-hydrogen) atoms. The molecule has 0 aliphatic rings. The summed E-state index contributed by atoms with van der Waals surface area (Å²) in [4.78, 5) is 4.45. The smallest absolute Gasteiger partial charge is 0.244 e. The molecular weight excluding hydrogens is 348 g/mol. The van der Waals surface area contributed by atoms with E-state index in [0.717, 1.165) is 22.3 Å². The molecule has 136 valence electrons. The first-order chi connectivity index (χ1) is 12.4. The second-order valence-electron chi connectivity index (χ2n) is 6.44. The van der Waals surface area contributed by atoms with Crippen molar-refractivity contribution >= 4 is 10.0 Å². The van der Waals surface area contributed by atoms with Crippen LogP contribution in [0.2, 0.25) is 0 Å². The Bertz CT molecular complexity index is 958. The van der Waals surface area contributed by atoms with Crippen LogP contribution < -0.4 is 0 Å². The van der Waals surface area contributed by atoms with E-state index in [2.05, 4.69) is 4.98 Å². The fourth-order valence-electron chi connectivity index (χ4n) is 3.20. The Balaban J connectivity index is 2.05. The fourth-order valence-corrected chi connectivity index (χ4v) is 5.01. The lowest BCUT2D eigenvalue weighted by molar-refractivity contribution is 0.358. The van der Waals surface area contributed by atoms with Crippen molar-refractivity contribution < 1.29 is 12.8 Å². The molecule has 0 atom stereocenters. The van der Waals surface area contributed by atoms with Gasteiger partial charge in [-0.2, -0.15) is 4.31 Å². The molecule has 3 rings (SSSR count). The highest BCUT2D eigenvalue weighted by Crippen LogP contribution is 2.27. The first-order valence-corrected chi connectivity index (χ1v) is 9.81. The van der Waals surface area contributed by atoms with Crippen LogP contribution in [0.5, 0.6) is 0 Å². The van der Waals surface area contributed by atoms with Crippen molar-refractivity contribution in [2.45, 2.75) is 38.8 Å². The standard InChI is InChI=1S/C20H22N2O3S/c1-15-10-16(2)20(17(3)11-15)26(23,24)22(14-19-7-5-9-25-19)13-18-6-4-8-21-12-18/h4-12H,13-14H2,1-3H3. The number of aromatic nitrogens is 1. The van der Waals surface area contributed by atoms with Crippen LogP contribution in [0, 0.1) is 20.8 Å². The molecule has 5 nitrogen and oxygen atoms in total. The molecule has 2 heterocycles. The van der Waals surface area contributed by atoms with Gasteiger partial charge in [0.05, 0.1) is 17.7 Å². The summed E-state index contributed by atoms with van der Waals surface area (Å²) in [5, 5.41) is 0. The SMILES string of the molecule is Cc1cc(C)c(S(=O)(=O)N(Cc2cccnc2)Cc2ccco2)c(C)c1. The maximum Gasteiger partial charge on any atom is 0.244 e. The third-order valence-corrected chi connectivity index (χ3v) is 6.29. The molecule has 0 radical (unpaired) electrons. The second kappa shape index (κ2) is 7.43. The van der Waals surface area contributed by atoms with E-state index in [1.54, 1.807) is 36.9 Å². The van der Waals surface area contributed by atoms with Gasteiger partial charge in [0.25, 0.3) is 0 Å². The lowest BCUT2D eigenvalue weighted by Crippen LogP contribution is -2.31. The zero-order valence-electron chi connectivity index (χ0n) is 15.1. The Morgan fingerprint density at radius 1 is 1.04 bits per heavy atom. The zero-order chi connectivity index (χ0) is 18.7. The van der Waals surface area contributed by atoms with Gasteiger partial charge in [-0.05, 0) is 55.7 Å². The van der Waals surface area contributed by atoms with Gasteiger partial charge in [-0.1, -0.05) is 23.8 Å². The van der Waals surface area contributed by atoms with Gasteiger partial charge in [-0.15, -0.1) is 0 Å². The first-order valence-electron chi connectivity index (χ1n) is 8.37. The number of aryl methyl sites for hydroxylation is 3. The highest BCUT2D eigenvalue weighted by molar-refractivity contribution is 7.89. The monoisotopic (exact) mass is 370 g/mol. The summed E-state index contributed by atoms with van der Waals surface area (Å²) in [6.45, 7) is 6.03. The Labute approximate surface area is 154 Å². The molecule has 0 N–H and O–H groups in total. The molecule has 0 saturated carbocycles. The van der Waals surface area contributed by atoms with Crippen LogP contribution in [0.25, 0.3) is 0 Å². The molecule has 0 fully saturated rings. The van der Waals surface area contributed by atoms with Crippen molar-refractivity contribution in [1.29, 1.82) is 0 Å². The fraction of sp³-hybridized carbons (Fsp3) is 0.250. The van der Waals surface area contributed by atoms with Crippen LogP contribution in [-0.4, -0.2) is 17.7 Å². The summed E-state index contributed by atoms with van der Waals surface area (Å²) < 4.78 is 33.8. The number of nitrogens with zero attached hydrogens (tertiary/aromatic N) is 2. The molecular formula is C20H22N2O3S. The highest BCUT2D eigenvalue weighted by Gasteiger charge is 2.29. The molecule has 0 spiro atoms. The van der Waals surface area contributed by atoms with Gasteiger partial charge in [0.2, 0.25) is 10.0 Å². The van der Waals surface area contributed by atoms with Crippen LogP contribution in [0.1, 0.15) is 28.0 Å². The normalized spacial score (nSPS) is 11.8. The van der Waals surface area contributed by atoms with Gasteiger partial charge >= 0.3 is 0 Å². The van der Waals surface area contributed by atoms with Gasteiger partial charge in [-0.25, -0.2) is 8.42 Å². The van der Waals surface area contributed by atoms with Crippen molar-refractivity contribution in [3.8, 4) is 0 Å². The van der Waals surface area contributed by atoms with E-state index >= 15 is 0 Å². The number of sulfonamides is 1. The lowest BCUT2D eigenvalue weighted by atomic mass is 10.1. The Hall–Kier alpha value is -2.44. The lowest BCUT2D eigenvalue weighted by Gasteiger charge is -2.23. The van der Waals surface area contributed by atoms with Gasteiger partial charge < -0.3 is 4.42 Å². The van der Waals surface area contributed by atoms with Gasteiger partial charge in [0, 0.05) is 18.9 Å². The van der Waals surface area contributed by atoms with Crippen molar-refractivity contribution in [1.82, 2.24) is 9.29 Å². The van der Waals surface area contributed by atoms with E-state index in [1.807, 2.05) is 39.0 Å². The number of hydrogen-bond acceptors (Lipinski definition) is 4. The molecule has 1 aromatic carbocycles. The quantitative estimate of drug-likeness (QED) is 0.658. The molecule has 0 bridgehead atoms. The van der Waals surface area contributed by atoms with Gasteiger partial charge in [0.15, 0.2) is 0 Å². The predicted molar refractivity (Wildman–Crippen MR) is 100 cm³/mol. The van der Waals surface area contributed by atoms with Crippen molar-refractivity contribution in [2.24, 2.45) is 0 Å². The number of furan rings is 1. The Kier molecular flexibility index (Phi) is 5.25. The van der Waals surface area contributed by atoms with E-state index in [1.165, 1.54) is 4.31 Å². The van der Waals surface area contributed by atoms with Crippen molar-refractivity contribution in [3.63, 3.8) is 0 Å². The second-order valence-corrected chi connectivity index (χ2v) is 8.32. The maximum atomic E-state index is 13.5. The molecule has 2 aromatic heterocycles. The average Bonchev–Trinajstić information content (AvgIpc) is 3.07. The Morgan fingerprint density at radius 3 is 2.35 bits per heavy atom. The summed E-state index contributed by atoms with van der Waals surface area (Å²) in [6.07, 6.45) is 4.90. The van der Waals surface area contributed by atoms with Gasteiger partial charge in [0.1, 0.15) is 5.76 Å². The van der Waals surface area contributed by atoms with Gasteiger partial charge in [-0.3, -0.25) is 4.98 Å². The number of hydrogen-bond donors (Lipinski definition) is 0. The summed E-state index contributed by atoms with van der Waals surface area (Å²) in [5.74, 6) is 0.597. The molecule has 6 heteroatoms. The highest BCUT2D eigenvalue weighted by atomic mass is 32.2. The number of pyridine rings is 1. The third kappa shape index (κ3) is 3.86. The summed E-state index contributed by atoms with van der Waals surface area (Å²) in [6, 6.07) is 11.0. The van der Waals surface area contributed by atoms with E-state index in [9.17, 15) is 8.42 Å². The van der Waals surface area contributed by atoms with E-state index in [-0.39, 0.29) is 13.1 Å². The minimum atomic E-state index is -3.71. The Morgan fingerprint density at radius 2 is 1.77 bits per heavy atom.